The number of nitrogens with zero attached hydrogens (tertiary/aromatic N) is 2. The summed E-state index contributed by atoms with van der Waals surface area (Å²) in [7, 11) is -1.95. The second-order valence-corrected chi connectivity index (χ2v) is 8.58. The Kier molecular flexibility index (Phi) is 6.46. The Morgan fingerprint density at radius 2 is 1.88 bits per heavy atom. The molecular weight excluding hydrogens is 340 g/mol. The lowest BCUT2D eigenvalue weighted by atomic mass is 9.91. The quantitative estimate of drug-likeness (QED) is 0.830. The Morgan fingerprint density at radius 1 is 1.24 bits per heavy atom. The summed E-state index contributed by atoms with van der Waals surface area (Å²) in [6.45, 7) is 1.70. The van der Waals surface area contributed by atoms with E-state index in [0.29, 0.717) is 18.5 Å². The number of likely N-dealkylation sites (N-methyl/N-ethyl adjacent to an activating group) is 1. The third kappa shape index (κ3) is 4.73. The van der Waals surface area contributed by atoms with Crippen molar-refractivity contribution in [3.8, 4) is 0 Å². The van der Waals surface area contributed by atoms with Gasteiger partial charge in [0.15, 0.2) is 0 Å². The van der Waals surface area contributed by atoms with Gasteiger partial charge in [-0.2, -0.15) is 0 Å². The second-order valence-electron chi connectivity index (χ2n) is 6.68. The lowest BCUT2D eigenvalue weighted by Crippen LogP contribution is -2.50. The normalized spacial score (nSPS) is 21.0. The number of hydrogen-bond acceptors (Lipinski definition) is 4. The monoisotopic (exact) mass is 368 g/mol. The molecule has 25 heavy (non-hydrogen) atoms. The zero-order valence-corrected chi connectivity index (χ0v) is 16.0. The third-order valence-electron chi connectivity index (χ3n) is 4.91. The number of rotatable bonds is 6. The van der Waals surface area contributed by atoms with Crippen LogP contribution in [-0.2, 0) is 21.2 Å². The smallest absolute Gasteiger partial charge is 0.243 e. The number of carbonyl (C=O) groups excluding carboxylic acids is 1. The van der Waals surface area contributed by atoms with Crippen molar-refractivity contribution in [1.29, 1.82) is 0 Å². The van der Waals surface area contributed by atoms with E-state index in [1.807, 2.05) is 19.1 Å². The van der Waals surface area contributed by atoms with E-state index in [1.165, 1.54) is 9.21 Å². The highest BCUT2D eigenvalue weighted by molar-refractivity contribution is 7.92. The Balaban J connectivity index is 2.24. The maximum atomic E-state index is 12.7. The first-order chi connectivity index (χ1) is 11.8. The van der Waals surface area contributed by atoms with Gasteiger partial charge in [0.05, 0.1) is 24.1 Å². The van der Waals surface area contributed by atoms with Crippen molar-refractivity contribution in [3.05, 3.63) is 29.8 Å². The molecular formula is C18H28N2O4S. The number of aliphatic hydroxyl groups is 1. The largest absolute Gasteiger partial charge is 0.391 e. The van der Waals surface area contributed by atoms with Crippen molar-refractivity contribution in [3.63, 3.8) is 0 Å². The molecule has 2 unspecified atom stereocenters. The molecule has 1 aromatic carbocycles. The predicted molar refractivity (Wildman–Crippen MR) is 99.0 cm³/mol. The zero-order chi connectivity index (χ0) is 18.6. The molecule has 1 amide bonds. The van der Waals surface area contributed by atoms with Crippen LogP contribution < -0.4 is 4.31 Å². The molecule has 2 rings (SSSR count). The van der Waals surface area contributed by atoms with Crippen LogP contribution >= 0.6 is 0 Å². The van der Waals surface area contributed by atoms with Crippen LogP contribution in [0.4, 0.5) is 5.69 Å². The molecule has 1 aliphatic carbocycles. The Hall–Kier alpha value is -1.60. The molecule has 1 aromatic rings. The molecule has 0 spiro atoms. The molecule has 0 bridgehead atoms. The Morgan fingerprint density at radius 3 is 2.48 bits per heavy atom. The molecule has 0 aromatic heterocycles. The minimum Gasteiger partial charge on any atom is -0.391 e. The fraction of sp³-hybridized carbons (Fsp3) is 0.611. The molecule has 1 fully saturated rings. The maximum absolute atomic E-state index is 12.7. The summed E-state index contributed by atoms with van der Waals surface area (Å²) >= 11 is 0. The van der Waals surface area contributed by atoms with Crippen molar-refractivity contribution in [1.82, 2.24) is 4.90 Å². The topological polar surface area (TPSA) is 77.9 Å². The van der Waals surface area contributed by atoms with E-state index in [-0.39, 0.29) is 18.5 Å². The molecule has 6 nitrogen and oxygen atoms in total. The van der Waals surface area contributed by atoms with Gasteiger partial charge in [0.25, 0.3) is 0 Å². The van der Waals surface area contributed by atoms with E-state index in [1.54, 1.807) is 19.2 Å². The summed E-state index contributed by atoms with van der Waals surface area (Å²) < 4.78 is 25.8. The van der Waals surface area contributed by atoms with Gasteiger partial charge in [-0.1, -0.05) is 38.0 Å². The number of sulfonamides is 1. The summed E-state index contributed by atoms with van der Waals surface area (Å²) in [4.78, 5) is 14.2. The third-order valence-corrected chi connectivity index (χ3v) is 6.03. The molecule has 140 valence electrons. The number of para-hydroxylation sites is 1. The molecule has 7 heteroatoms. The second kappa shape index (κ2) is 8.19. The molecule has 0 heterocycles. The highest BCUT2D eigenvalue weighted by Crippen LogP contribution is 2.25. The lowest BCUT2D eigenvalue weighted by Gasteiger charge is -2.36. The van der Waals surface area contributed by atoms with Crippen LogP contribution in [0.25, 0.3) is 0 Å². The summed E-state index contributed by atoms with van der Waals surface area (Å²) in [5.41, 5.74) is 1.42. The van der Waals surface area contributed by atoms with Crippen LogP contribution in [0.15, 0.2) is 24.3 Å². The zero-order valence-electron chi connectivity index (χ0n) is 15.2. The minimum absolute atomic E-state index is 0.246. The van der Waals surface area contributed by atoms with E-state index in [0.717, 1.165) is 31.1 Å². The predicted octanol–water partition coefficient (Wildman–Crippen LogP) is 1.78. The average molecular weight is 368 g/mol. The molecule has 1 saturated carbocycles. The summed E-state index contributed by atoms with van der Waals surface area (Å²) in [6, 6.07) is 6.97. The summed E-state index contributed by atoms with van der Waals surface area (Å²) in [5.74, 6) is -0.303. The standard InChI is InChI=1S/C18H28N2O4S/c1-4-14-9-5-6-10-15(14)20(25(3,23)24)13-18(22)19(2)16-11-7-8-12-17(16)21/h5-6,9-10,16-17,21H,4,7-8,11-13H2,1-3H3. The van der Waals surface area contributed by atoms with Gasteiger partial charge in [0.1, 0.15) is 6.54 Å². The van der Waals surface area contributed by atoms with Crippen LogP contribution in [0.1, 0.15) is 38.2 Å². The van der Waals surface area contributed by atoms with Crippen LogP contribution in [-0.4, -0.2) is 56.3 Å². The van der Waals surface area contributed by atoms with Crippen molar-refractivity contribution < 1.29 is 18.3 Å². The van der Waals surface area contributed by atoms with Gasteiger partial charge in [-0.3, -0.25) is 9.10 Å². The number of aliphatic hydroxyl groups excluding tert-OH is 1. The molecule has 1 N–H and O–H groups in total. The van der Waals surface area contributed by atoms with E-state index in [2.05, 4.69) is 0 Å². The highest BCUT2D eigenvalue weighted by atomic mass is 32.2. The molecule has 0 saturated heterocycles. The summed E-state index contributed by atoms with van der Waals surface area (Å²) in [5, 5.41) is 10.2. The summed E-state index contributed by atoms with van der Waals surface area (Å²) in [6.07, 6.45) is 4.59. The first-order valence-corrected chi connectivity index (χ1v) is 10.6. The average Bonchev–Trinajstić information content (AvgIpc) is 2.58. The number of aryl methyl sites for hydroxylation is 1. The van der Waals surface area contributed by atoms with Crippen LogP contribution in [0.3, 0.4) is 0 Å². The molecule has 2 atom stereocenters. The SMILES string of the molecule is CCc1ccccc1N(CC(=O)N(C)C1CCCCC1O)S(C)(=O)=O. The fourth-order valence-electron chi connectivity index (χ4n) is 3.40. The first kappa shape index (κ1) is 19.7. The van der Waals surface area contributed by atoms with E-state index >= 15 is 0 Å². The van der Waals surface area contributed by atoms with Gasteiger partial charge in [-0.25, -0.2) is 8.42 Å². The van der Waals surface area contributed by atoms with Gasteiger partial charge < -0.3 is 10.0 Å². The Labute approximate surface area is 150 Å². The van der Waals surface area contributed by atoms with E-state index < -0.39 is 16.1 Å². The highest BCUT2D eigenvalue weighted by Gasteiger charge is 2.31. The van der Waals surface area contributed by atoms with Gasteiger partial charge in [-0.15, -0.1) is 0 Å². The molecule has 1 aliphatic rings. The Bertz CT molecular complexity index is 705. The number of anilines is 1. The van der Waals surface area contributed by atoms with Gasteiger partial charge in [0.2, 0.25) is 15.9 Å². The number of amides is 1. The first-order valence-electron chi connectivity index (χ1n) is 8.75. The molecule has 0 aliphatic heterocycles. The van der Waals surface area contributed by atoms with Crippen LogP contribution in [0, 0.1) is 0 Å². The number of benzene rings is 1. The maximum Gasteiger partial charge on any atom is 0.243 e. The van der Waals surface area contributed by atoms with E-state index in [4.69, 9.17) is 0 Å². The van der Waals surface area contributed by atoms with Crippen LogP contribution in [0.5, 0.6) is 0 Å². The van der Waals surface area contributed by atoms with Crippen molar-refractivity contribution in [2.45, 2.75) is 51.2 Å². The van der Waals surface area contributed by atoms with Gasteiger partial charge in [0, 0.05) is 7.05 Å². The van der Waals surface area contributed by atoms with Crippen molar-refractivity contribution in [2.24, 2.45) is 0 Å². The van der Waals surface area contributed by atoms with E-state index in [9.17, 15) is 18.3 Å². The molecule has 0 radical (unpaired) electrons. The van der Waals surface area contributed by atoms with Gasteiger partial charge >= 0.3 is 0 Å². The van der Waals surface area contributed by atoms with Crippen molar-refractivity contribution >= 4 is 21.6 Å². The van der Waals surface area contributed by atoms with Gasteiger partial charge in [-0.05, 0) is 30.9 Å². The minimum atomic E-state index is -3.60. The number of carbonyl (C=O) groups is 1. The fourth-order valence-corrected chi connectivity index (χ4v) is 4.28. The van der Waals surface area contributed by atoms with Crippen molar-refractivity contribution in [2.75, 3.05) is 24.2 Å². The van der Waals surface area contributed by atoms with Crippen LogP contribution in [0.2, 0.25) is 0 Å². The lowest BCUT2D eigenvalue weighted by molar-refractivity contribution is -0.133. The number of hydrogen-bond donors (Lipinski definition) is 1.